The largest absolute Gasteiger partial charge is 0.469 e. The Labute approximate surface area is 119 Å². The molecule has 0 radical (unpaired) electrons. The molecule has 5 nitrogen and oxygen atoms in total. The molecule has 1 amide bonds. The number of esters is 1. The maximum atomic E-state index is 12.3. The molecular formula is C15H22N2O3. The van der Waals surface area contributed by atoms with Gasteiger partial charge in [-0.2, -0.15) is 0 Å². The number of carbonyl (C=O) groups is 2. The number of nitrogens with two attached hydrogens (primary N) is 1. The lowest BCUT2D eigenvalue weighted by molar-refractivity contribution is -0.146. The normalized spacial score (nSPS) is 13.4. The molecule has 0 bridgehead atoms. The number of nitrogens with zero attached hydrogens (tertiary/aromatic N) is 1. The Morgan fingerprint density at radius 1 is 1.35 bits per heavy atom. The molecule has 110 valence electrons. The third kappa shape index (κ3) is 3.98. The Morgan fingerprint density at radius 3 is 2.55 bits per heavy atom. The summed E-state index contributed by atoms with van der Waals surface area (Å²) >= 11 is 0. The van der Waals surface area contributed by atoms with E-state index in [-0.39, 0.29) is 23.7 Å². The quantitative estimate of drug-likeness (QED) is 0.656. The first-order valence-corrected chi connectivity index (χ1v) is 6.55. The van der Waals surface area contributed by atoms with Gasteiger partial charge in [-0.15, -0.1) is 0 Å². The zero-order valence-electron chi connectivity index (χ0n) is 12.4. The van der Waals surface area contributed by atoms with Gasteiger partial charge in [-0.1, -0.05) is 19.1 Å². The highest BCUT2D eigenvalue weighted by Gasteiger charge is 2.23. The van der Waals surface area contributed by atoms with Gasteiger partial charge in [0.2, 0.25) is 5.91 Å². The molecule has 0 saturated carbocycles. The molecule has 0 heterocycles. The Kier molecular flexibility index (Phi) is 5.55. The zero-order chi connectivity index (χ0) is 15.3. The van der Waals surface area contributed by atoms with Gasteiger partial charge in [0.25, 0.3) is 0 Å². The molecule has 20 heavy (non-hydrogen) atoms. The molecule has 0 fully saturated rings. The van der Waals surface area contributed by atoms with Gasteiger partial charge in [0, 0.05) is 19.3 Å². The van der Waals surface area contributed by atoms with E-state index in [1.54, 1.807) is 31.0 Å². The fraction of sp³-hybridized carbons (Fsp3) is 0.467. The summed E-state index contributed by atoms with van der Waals surface area (Å²) in [6.07, 6.45) is 0. The van der Waals surface area contributed by atoms with Gasteiger partial charge in [-0.05, 0) is 24.6 Å². The summed E-state index contributed by atoms with van der Waals surface area (Å²) in [5.41, 5.74) is 7.23. The van der Waals surface area contributed by atoms with Crippen LogP contribution in [-0.4, -0.2) is 37.5 Å². The molecule has 5 heteroatoms. The molecule has 1 rings (SSSR count). The summed E-state index contributed by atoms with van der Waals surface area (Å²) in [5.74, 6) is -1.01. The lowest BCUT2D eigenvalue weighted by Crippen LogP contribution is -2.36. The van der Waals surface area contributed by atoms with Gasteiger partial charge in [0.1, 0.15) is 0 Å². The third-order valence-electron chi connectivity index (χ3n) is 3.31. The van der Waals surface area contributed by atoms with Gasteiger partial charge >= 0.3 is 5.97 Å². The van der Waals surface area contributed by atoms with Crippen molar-refractivity contribution in [2.45, 2.75) is 19.8 Å². The second-order valence-corrected chi connectivity index (χ2v) is 5.03. The van der Waals surface area contributed by atoms with Crippen LogP contribution in [0.4, 0.5) is 5.69 Å². The van der Waals surface area contributed by atoms with E-state index in [2.05, 4.69) is 4.74 Å². The fourth-order valence-corrected chi connectivity index (χ4v) is 2.08. The summed E-state index contributed by atoms with van der Waals surface area (Å²) in [6.45, 7) is 3.90. The molecule has 0 aliphatic heterocycles. The number of methoxy groups -OCH3 is 1. The SMILES string of the molecule is COC(=O)C(C)CN(C)C(=O)C(C)c1cccc(N)c1. The van der Waals surface area contributed by atoms with E-state index in [0.717, 1.165) is 5.56 Å². The minimum atomic E-state index is -0.345. The molecule has 0 aromatic heterocycles. The van der Waals surface area contributed by atoms with Crippen molar-refractivity contribution in [1.29, 1.82) is 0 Å². The van der Waals surface area contributed by atoms with Crippen LogP contribution in [0.25, 0.3) is 0 Å². The minimum Gasteiger partial charge on any atom is -0.469 e. The Hall–Kier alpha value is -2.04. The summed E-state index contributed by atoms with van der Waals surface area (Å²) in [7, 11) is 3.03. The fourth-order valence-electron chi connectivity index (χ4n) is 2.08. The van der Waals surface area contributed by atoms with Crippen LogP contribution in [0.15, 0.2) is 24.3 Å². The number of nitrogen functional groups attached to an aromatic ring is 1. The minimum absolute atomic E-state index is 0.0497. The van der Waals surface area contributed by atoms with Crippen LogP contribution in [0, 0.1) is 5.92 Å². The maximum absolute atomic E-state index is 12.3. The summed E-state index contributed by atoms with van der Waals surface area (Å²) in [4.78, 5) is 25.3. The lowest BCUT2D eigenvalue weighted by Gasteiger charge is -2.24. The highest BCUT2D eigenvalue weighted by atomic mass is 16.5. The second kappa shape index (κ2) is 6.93. The van der Waals surface area contributed by atoms with E-state index in [4.69, 9.17) is 5.73 Å². The van der Waals surface area contributed by atoms with E-state index < -0.39 is 0 Å². The number of benzene rings is 1. The van der Waals surface area contributed by atoms with Crippen LogP contribution < -0.4 is 5.73 Å². The molecule has 2 unspecified atom stereocenters. The van der Waals surface area contributed by atoms with E-state index in [1.807, 2.05) is 19.1 Å². The zero-order valence-corrected chi connectivity index (χ0v) is 12.4. The van der Waals surface area contributed by atoms with Gasteiger partial charge in [-0.25, -0.2) is 0 Å². The number of rotatable bonds is 5. The van der Waals surface area contributed by atoms with Crippen molar-refractivity contribution < 1.29 is 14.3 Å². The lowest BCUT2D eigenvalue weighted by atomic mass is 9.99. The molecule has 0 saturated heterocycles. The summed E-state index contributed by atoms with van der Waals surface area (Å²) < 4.78 is 4.66. The number of amides is 1. The van der Waals surface area contributed by atoms with Crippen molar-refractivity contribution in [2.75, 3.05) is 26.4 Å². The van der Waals surface area contributed by atoms with Gasteiger partial charge in [0.05, 0.1) is 18.9 Å². The van der Waals surface area contributed by atoms with Crippen molar-refractivity contribution in [3.63, 3.8) is 0 Å². The van der Waals surface area contributed by atoms with Crippen LogP contribution in [0.3, 0.4) is 0 Å². The Morgan fingerprint density at radius 2 is 2.00 bits per heavy atom. The van der Waals surface area contributed by atoms with Crippen LogP contribution in [0.2, 0.25) is 0 Å². The molecule has 2 N–H and O–H groups in total. The number of carbonyl (C=O) groups excluding carboxylic acids is 2. The van der Waals surface area contributed by atoms with Crippen molar-refractivity contribution in [3.05, 3.63) is 29.8 Å². The topological polar surface area (TPSA) is 72.6 Å². The molecule has 0 spiro atoms. The van der Waals surface area contributed by atoms with E-state index in [1.165, 1.54) is 7.11 Å². The summed E-state index contributed by atoms with van der Waals surface area (Å²) in [5, 5.41) is 0. The first-order chi connectivity index (χ1) is 9.36. The first kappa shape index (κ1) is 16.0. The highest BCUT2D eigenvalue weighted by Crippen LogP contribution is 2.20. The highest BCUT2D eigenvalue weighted by molar-refractivity contribution is 5.84. The van der Waals surface area contributed by atoms with Crippen LogP contribution in [-0.2, 0) is 14.3 Å². The van der Waals surface area contributed by atoms with Crippen LogP contribution in [0.5, 0.6) is 0 Å². The van der Waals surface area contributed by atoms with Gasteiger partial charge in [0.15, 0.2) is 0 Å². The van der Waals surface area contributed by atoms with E-state index in [0.29, 0.717) is 12.2 Å². The molecular weight excluding hydrogens is 256 g/mol. The van der Waals surface area contributed by atoms with E-state index in [9.17, 15) is 9.59 Å². The van der Waals surface area contributed by atoms with E-state index >= 15 is 0 Å². The standard InChI is InChI=1S/C15H22N2O3/c1-10(15(19)20-4)9-17(3)14(18)11(2)12-6-5-7-13(16)8-12/h5-8,10-11H,9,16H2,1-4H3. The number of anilines is 1. The molecule has 0 aliphatic carbocycles. The van der Waals surface area contributed by atoms with Crippen molar-refractivity contribution in [1.82, 2.24) is 4.90 Å². The average molecular weight is 278 g/mol. The summed E-state index contributed by atoms with van der Waals surface area (Å²) in [6, 6.07) is 7.27. The number of likely N-dealkylation sites (N-methyl/N-ethyl adjacent to an activating group) is 1. The third-order valence-corrected chi connectivity index (χ3v) is 3.31. The Balaban J connectivity index is 2.71. The Bertz CT molecular complexity index is 488. The molecule has 2 atom stereocenters. The van der Waals surface area contributed by atoms with Crippen LogP contribution >= 0.6 is 0 Å². The van der Waals surface area contributed by atoms with Crippen molar-refractivity contribution in [3.8, 4) is 0 Å². The number of hydrogen-bond donors (Lipinski definition) is 1. The second-order valence-electron chi connectivity index (χ2n) is 5.03. The van der Waals surface area contributed by atoms with Crippen LogP contribution in [0.1, 0.15) is 25.3 Å². The smallest absolute Gasteiger partial charge is 0.310 e. The predicted molar refractivity (Wildman–Crippen MR) is 78.1 cm³/mol. The predicted octanol–water partition coefficient (Wildman–Crippen LogP) is 1.64. The molecule has 1 aromatic rings. The number of ether oxygens (including phenoxy) is 1. The first-order valence-electron chi connectivity index (χ1n) is 6.55. The maximum Gasteiger partial charge on any atom is 0.310 e. The average Bonchev–Trinajstić information content (AvgIpc) is 2.44. The molecule has 1 aromatic carbocycles. The van der Waals surface area contributed by atoms with Crippen molar-refractivity contribution in [2.24, 2.45) is 5.92 Å². The monoisotopic (exact) mass is 278 g/mol. The van der Waals surface area contributed by atoms with Gasteiger partial charge < -0.3 is 15.4 Å². The number of hydrogen-bond acceptors (Lipinski definition) is 4. The van der Waals surface area contributed by atoms with Gasteiger partial charge in [-0.3, -0.25) is 9.59 Å². The molecule has 0 aliphatic rings. The van der Waals surface area contributed by atoms with Crippen molar-refractivity contribution >= 4 is 17.6 Å².